The molecule has 4 N–H and O–H groups in total. The van der Waals surface area contributed by atoms with Crippen LogP contribution in [-0.4, -0.2) is 31.3 Å². The zero-order chi connectivity index (χ0) is 14.4. The molecule has 0 aromatic heterocycles. The maximum absolute atomic E-state index is 10.5. The van der Waals surface area contributed by atoms with E-state index in [9.17, 15) is 5.11 Å². The van der Waals surface area contributed by atoms with Crippen LogP contribution in [0.3, 0.4) is 0 Å². The molecule has 0 amide bonds. The van der Waals surface area contributed by atoms with Crippen LogP contribution in [-0.2, 0) is 0 Å². The Morgan fingerprint density at radius 1 is 1.32 bits per heavy atom. The van der Waals surface area contributed by atoms with Crippen molar-refractivity contribution < 1.29 is 9.84 Å². The van der Waals surface area contributed by atoms with Crippen molar-refractivity contribution in [2.75, 3.05) is 20.2 Å². The van der Waals surface area contributed by atoms with E-state index in [1.165, 1.54) is 0 Å². The van der Waals surface area contributed by atoms with Gasteiger partial charge in [0, 0.05) is 6.04 Å². The SMILES string of the molecule is CCOc1ccc(C(O)C(CCN)NC)c(C)c1C. The molecule has 0 spiro atoms. The van der Waals surface area contributed by atoms with E-state index in [1.807, 2.05) is 40.0 Å². The summed E-state index contributed by atoms with van der Waals surface area (Å²) in [5.74, 6) is 0.885. The van der Waals surface area contributed by atoms with Gasteiger partial charge in [-0.15, -0.1) is 0 Å². The van der Waals surface area contributed by atoms with Gasteiger partial charge in [-0.05, 0) is 63.5 Å². The van der Waals surface area contributed by atoms with Gasteiger partial charge in [-0.1, -0.05) is 6.07 Å². The summed E-state index contributed by atoms with van der Waals surface area (Å²) in [6.45, 7) is 7.21. The highest BCUT2D eigenvalue weighted by Crippen LogP contribution is 2.29. The Bertz CT molecular complexity index is 407. The van der Waals surface area contributed by atoms with Crippen LogP contribution < -0.4 is 15.8 Å². The summed E-state index contributed by atoms with van der Waals surface area (Å²) in [7, 11) is 1.85. The van der Waals surface area contributed by atoms with E-state index in [4.69, 9.17) is 10.5 Å². The standard InChI is InChI=1S/C15H26N2O2/c1-5-19-14-7-6-12(10(2)11(14)3)15(18)13(17-4)8-9-16/h6-7,13,15,17-18H,5,8-9,16H2,1-4H3. The van der Waals surface area contributed by atoms with Crippen molar-refractivity contribution in [2.45, 2.75) is 39.3 Å². The number of aliphatic hydroxyl groups is 1. The van der Waals surface area contributed by atoms with Crippen LogP contribution >= 0.6 is 0 Å². The first-order valence-corrected chi connectivity index (χ1v) is 6.85. The number of benzene rings is 1. The molecule has 0 heterocycles. The minimum absolute atomic E-state index is 0.0268. The zero-order valence-corrected chi connectivity index (χ0v) is 12.4. The summed E-state index contributed by atoms with van der Waals surface area (Å²) in [4.78, 5) is 0. The molecule has 0 saturated carbocycles. The molecule has 1 aromatic carbocycles. The molecule has 2 atom stereocenters. The smallest absolute Gasteiger partial charge is 0.122 e. The second-order valence-electron chi connectivity index (χ2n) is 4.75. The lowest BCUT2D eigenvalue weighted by atomic mass is 9.93. The van der Waals surface area contributed by atoms with Gasteiger partial charge in [0.25, 0.3) is 0 Å². The maximum atomic E-state index is 10.5. The van der Waals surface area contributed by atoms with Crippen molar-refractivity contribution in [1.29, 1.82) is 0 Å². The Hall–Kier alpha value is -1.10. The zero-order valence-electron chi connectivity index (χ0n) is 12.4. The summed E-state index contributed by atoms with van der Waals surface area (Å²) < 4.78 is 5.57. The molecule has 4 heteroatoms. The second-order valence-corrected chi connectivity index (χ2v) is 4.75. The van der Waals surface area contributed by atoms with Crippen LogP contribution in [0.2, 0.25) is 0 Å². The fourth-order valence-corrected chi connectivity index (χ4v) is 2.31. The monoisotopic (exact) mass is 266 g/mol. The van der Waals surface area contributed by atoms with Crippen LogP contribution in [0.25, 0.3) is 0 Å². The third kappa shape index (κ3) is 3.69. The van der Waals surface area contributed by atoms with Crippen LogP contribution in [0.5, 0.6) is 5.75 Å². The molecule has 0 aliphatic carbocycles. The molecular weight excluding hydrogens is 240 g/mol. The molecule has 1 rings (SSSR count). The van der Waals surface area contributed by atoms with E-state index in [1.54, 1.807) is 0 Å². The van der Waals surface area contributed by atoms with Crippen molar-refractivity contribution in [1.82, 2.24) is 5.32 Å². The first-order chi connectivity index (χ1) is 9.06. The van der Waals surface area contributed by atoms with Gasteiger partial charge in [0.15, 0.2) is 0 Å². The largest absolute Gasteiger partial charge is 0.494 e. The van der Waals surface area contributed by atoms with E-state index >= 15 is 0 Å². The third-order valence-corrected chi connectivity index (χ3v) is 3.63. The Labute approximate surface area is 116 Å². The van der Waals surface area contributed by atoms with Gasteiger partial charge < -0.3 is 20.9 Å². The van der Waals surface area contributed by atoms with Gasteiger partial charge in [-0.25, -0.2) is 0 Å². The Kier molecular flexibility index (Phi) is 6.28. The summed E-state index contributed by atoms with van der Waals surface area (Å²) in [6.07, 6.45) is 0.187. The lowest BCUT2D eigenvalue weighted by molar-refractivity contribution is 0.128. The summed E-state index contributed by atoms with van der Waals surface area (Å²) in [6, 6.07) is 3.85. The highest BCUT2D eigenvalue weighted by Gasteiger charge is 2.21. The van der Waals surface area contributed by atoms with Crippen LogP contribution in [0.4, 0.5) is 0 Å². The average molecular weight is 266 g/mol. The number of hydrogen-bond donors (Lipinski definition) is 3. The first-order valence-electron chi connectivity index (χ1n) is 6.85. The van der Waals surface area contributed by atoms with Crippen molar-refractivity contribution in [3.05, 3.63) is 28.8 Å². The van der Waals surface area contributed by atoms with E-state index in [0.717, 1.165) is 28.9 Å². The predicted molar refractivity (Wildman–Crippen MR) is 78.6 cm³/mol. The minimum atomic E-state index is -0.553. The lowest BCUT2D eigenvalue weighted by Crippen LogP contribution is -2.34. The topological polar surface area (TPSA) is 67.5 Å². The van der Waals surface area contributed by atoms with Crippen molar-refractivity contribution >= 4 is 0 Å². The van der Waals surface area contributed by atoms with E-state index in [-0.39, 0.29) is 6.04 Å². The number of rotatable bonds is 7. The fraction of sp³-hybridized carbons (Fsp3) is 0.600. The van der Waals surface area contributed by atoms with Crippen LogP contribution in [0.15, 0.2) is 12.1 Å². The van der Waals surface area contributed by atoms with Crippen LogP contribution in [0.1, 0.15) is 36.1 Å². The van der Waals surface area contributed by atoms with Crippen molar-refractivity contribution in [3.8, 4) is 5.75 Å². The summed E-state index contributed by atoms with van der Waals surface area (Å²) >= 11 is 0. The van der Waals surface area contributed by atoms with Gasteiger partial charge in [0.1, 0.15) is 5.75 Å². The number of nitrogens with two attached hydrogens (primary N) is 1. The highest BCUT2D eigenvalue weighted by molar-refractivity contribution is 5.44. The normalized spacial score (nSPS) is 14.2. The molecule has 19 heavy (non-hydrogen) atoms. The Morgan fingerprint density at radius 2 is 2.00 bits per heavy atom. The van der Waals surface area contributed by atoms with E-state index in [0.29, 0.717) is 13.2 Å². The molecule has 108 valence electrons. The number of likely N-dealkylation sites (N-methyl/N-ethyl adjacent to an activating group) is 1. The van der Waals surface area contributed by atoms with Crippen molar-refractivity contribution in [3.63, 3.8) is 0 Å². The van der Waals surface area contributed by atoms with Gasteiger partial charge in [-0.2, -0.15) is 0 Å². The van der Waals surface area contributed by atoms with Gasteiger partial charge >= 0.3 is 0 Å². The molecule has 0 saturated heterocycles. The third-order valence-electron chi connectivity index (χ3n) is 3.63. The molecule has 1 aromatic rings. The van der Waals surface area contributed by atoms with Gasteiger partial charge in [0.05, 0.1) is 12.7 Å². The molecule has 0 aliphatic heterocycles. The molecule has 0 bridgehead atoms. The number of hydrogen-bond acceptors (Lipinski definition) is 4. The van der Waals surface area contributed by atoms with Gasteiger partial charge in [-0.3, -0.25) is 0 Å². The Balaban J connectivity index is 3.03. The van der Waals surface area contributed by atoms with Crippen LogP contribution in [0, 0.1) is 13.8 Å². The second kappa shape index (κ2) is 7.48. The van der Waals surface area contributed by atoms with E-state index in [2.05, 4.69) is 5.32 Å². The summed E-state index contributed by atoms with van der Waals surface area (Å²) in [5, 5.41) is 13.6. The number of aliphatic hydroxyl groups excluding tert-OH is 1. The van der Waals surface area contributed by atoms with E-state index < -0.39 is 6.10 Å². The molecule has 0 aliphatic rings. The summed E-state index contributed by atoms with van der Waals surface area (Å²) in [5.41, 5.74) is 8.68. The predicted octanol–water partition coefficient (Wildman–Crippen LogP) is 1.67. The first kappa shape index (κ1) is 16.0. The average Bonchev–Trinajstić information content (AvgIpc) is 2.41. The highest BCUT2D eigenvalue weighted by atomic mass is 16.5. The molecule has 0 fully saturated rings. The number of nitrogens with one attached hydrogen (secondary N) is 1. The minimum Gasteiger partial charge on any atom is -0.494 e. The molecule has 0 radical (unpaired) electrons. The number of ether oxygens (including phenoxy) is 1. The van der Waals surface area contributed by atoms with Gasteiger partial charge in [0.2, 0.25) is 0 Å². The molecule has 4 nitrogen and oxygen atoms in total. The lowest BCUT2D eigenvalue weighted by Gasteiger charge is -2.25. The van der Waals surface area contributed by atoms with Crippen molar-refractivity contribution in [2.24, 2.45) is 5.73 Å². The quantitative estimate of drug-likeness (QED) is 0.702. The maximum Gasteiger partial charge on any atom is 0.122 e. The molecule has 2 unspecified atom stereocenters. The fourth-order valence-electron chi connectivity index (χ4n) is 2.31. The Morgan fingerprint density at radius 3 is 2.53 bits per heavy atom. The molecular formula is C15H26N2O2.